The van der Waals surface area contributed by atoms with Crippen molar-refractivity contribution in [1.82, 2.24) is 4.98 Å². The van der Waals surface area contributed by atoms with Crippen LogP contribution in [0.2, 0.25) is 0 Å². The number of hydrogen-bond acceptors (Lipinski definition) is 4. The highest BCUT2D eigenvalue weighted by Crippen LogP contribution is 2.25. The van der Waals surface area contributed by atoms with Crippen molar-refractivity contribution < 1.29 is 9.90 Å². The number of aliphatic carboxylic acids is 1. The Morgan fingerprint density at radius 1 is 1.57 bits per heavy atom. The molecule has 5 heteroatoms. The summed E-state index contributed by atoms with van der Waals surface area (Å²) in [7, 11) is 0. The molecule has 1 unspecified atom stereocenters. The van der Waals surface area contributed by atoms with Crippen LogP contribution in [0.15, 0.2) is 6.20 Å². The standard InChI is InChI=1S/C9H14N2O2S/c1-5(2)7-4-10-9(14-7)11-6(3)8(12)13/h4-6H,1-3H3,(H,10,11)(H,12,13). The van der Waals surface area contributed by atoms with Crippen LogP contribution in [0.25, 0.3) is 0 Å². The lowest BCUT2D eigenvalue weighted by Gasteiger charge is -2.06. The first-order valence-corrected chi connectivity index (χ1v) is 5.27. The minimum Gasteiger partial charge on any atom is -0.480 e. The minimum atomic E-state index is -0.869. The average Bonchev–Trinajstić information content (AvgIpc) is 2.52. The van der Waals surface area contributed by atoms with Gasteiger partial charge in [0.15, 0.2) is 5.13 Å². The number of hydrogen-bond donors (Lipinski definition) is 2. The monoisotopic (exact) mass is 214 g/mol. The number of thiazole rings is 1. The smallest absolute Gasteiger partial charge is 0.325 e. The zero-order chi connectivity index (χ0) is 10.7. The van der Waals surface area contributed by atoms with E-state index in [1.54, 1.807) is 13.1 Å². The first kappa shape index (κ1) is 11.0. The molecule has 78 valence electrons. The molecule has 1 heterocycles. The number of nitrogens with one attached hydrogen (secondary N) is 1. The largest absolute Gasteiger partial charge is 0.480 e. The molecule has 0 saturated carbocycles. The van der Waals surface area contributed by atoms with Gasteiger partial charge in [0.1, 0.15) is 6.04 Å². The molecule has 1 aromatic rings. The van der Waals surface area contributed by atoms with Crippen molar-refractivity contribution in [3.05, 3.63) is 11.1 Å². The third-order valence-corrected chi connectivity index (χ3v) is 3.03. The van der Waals surface area contributed by atoms with E-state index in [1.165, 1.54) is 11.3 Å². The maximum Gasteiger partial charge on any atom is 0.325 e. The van der Waals surface area contributed by atoms with E-state index in [2.05, 4.69) is 24.1 Å². The molecule has 0 fully saturated rings. The molecule has 0 aliphatic heterocycles. The number of rotatable bonds is 4. The highest BCUT2D eigenvalue weighted by molar-refractivity contribution is 7.15. The maximum absolute atomic E-state index is 10.6. The number of carboxylic acids is 1. The van der Waals surface area contributed by atoms with E-state index in [0.29, 0.717) is 11.0 Å². The molecule has 0 aliphatic carbocycles. The van der Waals surface area contributed by atoms with Crippen LogP contribution >= 0.6 is 11.3 Å². The van der Waals surface area contributed by atoms with Crippen LogP contribution in [0.5, 0.6) is 0 Å². The fourth-order valence-electron chi connectivity index (χ4n) is 0.867. The van der Waals surface area contributed by atoms with Crippen molar-refractivity contribution in [1.29, 1.82) is 0 Å². The number of nitrogens with zero attached hydrogens (tertiary/aromatic N) is 1. The third kappa shape index (κ3) is 2.70. The molecular formula is C9H14N2O2S. The van der Waals surface area contributed by atoms with Gasteiger partial charge >= 0.3 is 5.97 Å². The van der Waals surface area contributed by atoms with Crippen molar-refractivity contribution in [3.63, 3.8) is 0 Å². The van der Waals surface area contributed by atoms with E-state index in [1.807, 2.05) is 0 Å². The summed E-state index contributed by atoms with van der Waals surface area (Å²) in [5, 5.41) is 12.2. The van der Waals surface area contributed by atoms with E-state index < -0.39 is 12.0 Å². The molecule has 2 N–H and O–H groups in total. The molecule has 1 atom stereocenters. The molecule has 0 bridgehead atoms. The van der Waals surface area contributed by atoms with Gasteiger partial charge in [-0.05, 0) is 12.8 Å². The SMILES string of the molecule is CC(Nc1ncc(C(C)C)s1)C(=O)O. The Balaban J connectivity index is 2.64. The lowest BCUT2D eigenvalue weighted by atomic mass is 10.2. The highest BCUT2D eigenvalue weighted by Gasteiger charge is 2.12. The molecule has 1 rings (SSSR count). The number of aromatic nitrogens is 1. The van der Waals surface area contributed by atoms with Crippen molar-refractivity contribution >= 4 is 22.4 Å². The van der Waals surface area contributed by atoms with Gasteiger partial charge in [-0.1, -0.05) is 13.8 Å². The van der Waals surface area contributed by atoms with Crippen LogP contribution in [0.1, 0.15) is 31.6 Å². The van der Waals surface area contributed by atoms with E-state index in [0.717, 1.165) is 4.88 Å². The summed E-state index contributed by atoms with van der Waals surface area (Å²) in [6.45, 7) is 5.76. The topological polar surface area (TPSA) is 62.2 Å². The van der Waals surface area contributed by atoms with Crippen LogP contribution in [-0.4, -0.2) is 22.1 Å². The van der Waals surface area contributed by atoms with Gasteiger partial charge in [0.2, 0.25) is 0 Å². The summed E-state index contributed by atoms with van der Waals surface area (Å²) >= 11 is 1.50. The lowest BCUT2D eigenvalue weighted by molar-refractivity contribution is -0.137. The van der Waals surface area contributed by atoms with Gasteiger partial charge in [0.05, 0.1) is 0 Å². The molecule has 0 amide bonds. The van der Waals surface area contributed by atoms with Gasteiger partial charge in [-0.3, -0.25) is 4.79 Å². The van der Waals surface area contributed by atoms with Crippen LogP contribution in [0.3, 0.4) is 0 Å². The predicted octanol–water partition coefficient (Wildman–Crippen LogP) is 2.15. The molecule has 4 nitrogen and oxygen atoms in total. The van der Waals surface area contributed by atoms with Crippen LogP contribution < -0.4 is 5.32 Å². The van der Waals surface area contributed by atoms with Gasteiger partial charge < -0.3 is 10.4 Å². The van der Waals surface area contributed by atoms with E-state index in [9.17, 15) is 4.79 Å². The average molecular weight is 214 g/mol. The second-order valence-corrected chi connectivity index (χ2v) is 4.49. The Bertz CT molecular complexity index is 322. The number of carbonyl (C=O) groups is 1. The van der Waals surface area contributed by atoms with E-state index in [4.69, 9.17) is 5.11 Å². The van der Waals surface area contributed by atoms with E-state index in [-0.39, 0.29) is 0 Å². The molecule has 0 radical (unpaired) electrons. The molecule has 0 aliphatic rings. The summed E-state index contributed by atoms with van der Waals surface area (Å²) in [6, 6.07) is -0.596. The Hall–Kier alpha value is -1.10. The van der Waals surface area contributed by atoms with Crippen molar-refractivity contribution in [2.45, 2.75) is 32.7 Å². The first-order chi connectivity index (χ1) is 6.50. The molecule has 0 saturated heterocycles. The number of anilines is 1. The Morgan fingerprint density at radius 3 is 2.64 bits per heavy atom. The Labute approximate surface area is 87.0 Å². The summed E-state index contributed by atoms with van der Waals surface area (Å²) in [5.74, 6) is -0.436. The quantitative estimate of drug-likeness (QED) is 0.806. The van der Waals surface area contributed by atoms with Gasteiger partial charge in [-0.25, -0.2) is 4.98 Å². The van der Waals surface area contributed by atoms with E-state index >= 15 is 0 Å². The Morgan fingerprint density at radius 2 is 2.21 bits per heavy atom. The first-order valence-electron chi connectivity index (χ1n) is 4.45. The fourth-order valence-corrected chi connectivity index (χ4v) is 1.77. The molecule has 14 heavy (non-hydrogen) atoms. The summed E-state index contributed by atoms with van der Waals surface area (Å²) in [6.07, 6.45) is 1.78. The van der Waals surface area contributed by atoms with Crippen molar-refractivity contribution in [2.75, 3.05) is 5.32 Å². The third-order valence-electron chi connectivity index (χ3n) is 1.80. The lowest BCUT2D eigenvalue weighted by Crippen LogP contribution is -2.25. The normalized spacial score (nSPS) is 12.9. The van der Waals surface area contributed by atoms with Gasteiger partial charge in [0.25, 0.3) is 0 Å². The highest BCUT2D eigenvalue weighted by atomic mass is 32.1. The molecule has 0 aromatic carbocycles. The molecule has 1 aromatic heterocycles. The van der Waals surface area contributed by atoms with Crippen LogP contribution in [-0.2, 0) is 4.79 Å². The minimum absolute atomic E-state index is 0.434. The van der Waals surface area contributed by atoms with Gasteiger partial charge in [-0.2, -0.15) is 0 Å². The summed E-state index contributed by atoms with van der Waals surface area (Å²) < 4.78 is 0. The Kier molecular flexibility index (Phi) is 3.46. The van der Waals surface area contributed by atoms with Crippen molar-refractivity contribution in [2.24, 2.45) is 0 Å². The summed E-state index contributed by atoms with van der Waals surface area (Å²) in [5.41, 5.74) is 0. The zero-order valence-electron chi connectivity index (χ0n) is 8.44. The van der Waals surface area contributed by atoms with Crippen molar-refractivity contribution in [3.8, 4) is 0 Å². The second kappa shape index (κ2) is 4.41. The zero-order valence-corrected chi connectivity index (χ0v) is 9.26. The van der Waals surface area contributed by atoms with Crippen LogP contribution in [0, 0.1) is 0 Å². The summed E-state index contributed by atoms with van der Waals surface area (Å²) in [4.78, 5) is 15.8. The van der Waals surface area contributed by atoms with Gasteiger partial charge in [0, 0.05) is 11.1 Å². The van der Waals surface area contributed by atoms with Crippen LogP contribution in [0.4, 0.5) is 5.13 Å². The van der Waals surface area contributed by atoms with Gasteiger partial charge in [-0.15, -0.1) is 11.3 Å². The number of carboxylic acid groups (broad SMARTS) is 1. The predicted molar refractivity (Wildman–Crippen MR) is 56.9 cm³/mol. The fraction of sp³-hybridized carbons (Fsp3) is 0.556. The maximum atomic E-state index is 10.6. The molecule has 0 spiro atoms. The molecular weight excluding hydrogens is 200 g/mol. The second-order valence-electron chi connectivity index (χ2n) is 3.43.